The number of phosphoric acid groups is 1. The van der Waals surface area contributed by atoms with Crippen LogP contribution in [0.5, 0.6) is 0 Å². The van der Waals surface area contributed by atoms with Crippen molar-refractivity contribution in [3.05, 3.63) is 58.7 Å². The second-order valence-electron chi connectivity index (χ2n) is 10.0. The Labute approximate surface area is 213 Å². The van der Waals surface area contributed by atoms with E-state index in [0.717, 1.165) is 17.6 Å². The first-order valence-electron chi connectivity index (χ1n) is 12.1. The van der Waals surface area contributed by atoms with Crippen molar-refractivity contribution in [1.82, 2.24) is 0 Å². The van der Waals surface area contributed by atoms with Gasteiger partial charge in [0.15, 0.2) is 6.29 Å². The first-order chi connectivity index (χ1) is 16.8. The highest BCUT2D eigenvalue weighted by Crippen LogP contribution is 2.46. The minimum Gasteiger partial charge on any atom is -0.394 e. The molecule has 5 N–H and O–H groups in total. The molecule has 0 spiro atoms. The van der Waals surface area contributed by atoms with E-state index < -0.39 is 45.1 Å². The predicted molar refractivity (Wildman–Crippen MR) is 137 cm³/mol. The number of allylic oxidation sites excluding steroid dienone is 9. The average molecular weight is 529 g/mol. The average Bonchev–Trinajstić information content (AvgIpc) is 2.78. The molecule has 6 unspecified atom stereocenters. The summed E-state index contributed by atoms with van der Waals surface area (Å²) in [5.74, 6) is 0. The summed E-state index contributed by atoms with van der Waals surface area (Å²) in [6.07, 6.45) is 6.97. The lowest BCUT2D eigenvalue weighted by Gasteiger charge is -2.39. The molecule has 0 amide bonds. The van der Waals surface area contributed by atoms with Crippen molar-refractivity contribution in [3.8, 4) is 0 Å². The zero-order valence-electron chi connectivity index (χ0n) is 21.7. The molecule has 0 aromatic rings. The number of hydrogen-bond acceptors (Lipinski definition) is 8. The Morgan fingerprint density at radius 3 is 2.47 bits per heavy atom. The van der Waals surface area contributed by atoms with E-state index in [1.807, 2.05) is 25.2 Å². The van der Waals surface area contributed by atoms with E-state index >= 15 is 0 Å². The third kappa shape index (κ3) is 8.87. The van der Waals surface area contributed by atoms with Gasteiger partial charge >= 0.3 is 7.82 Å². The lowest BCUT2D eigenvalue weighted by atomic mass is 9.72. The Morgan fingerprint density at radius 1 is 1.14 bits per heavy atom. The monoisotopic (exact) mass is 528 g/mol. The van der Waals surface area contributed by atoms with Crippen LogP contribution in [-0.4, -0.2) is 69.2 Å². The lowest BCUT2D eigenvalue weighted by molar-refractivity contribution is -0.281. The van der Waals surface area contributed by atoms with Crippen LogP contribution in [0.4, 0.5) is 0 Å². The summed E-state index contributed by atoms with van der Waals surface area (Å²) >= 11 is 0. The minimum atomic E-state index is -4.67. The fraction of sp³-hybridized carbons (Fsp3) is 0.615. The highest BCUT2D eigenvalue weighted by atomic mass is 31.2. The van der Waals surface area contributed by atoms with E-state index in [0.29, 0.717) is 0 Å². The van der Waals surface area contributed by atoms with Crippen LogP contribution in [0.25, 0.3) is 0 Å². The van der Waals surface area contributed by atoms with Crippen molar-refractivity contribution < 1.29 is 43.7 Å². The van der Waals surface area contributed by atoms with E-state index in [9.17, 15) is 29.9 Å². The van der Waals surface area contributed by atoms with Crippen LogP contribution in [-0.2, 0) is 18.3 Å². The van der Waals surface area contributed by atoms with E-state index in [2.05, 4.69) is 32.9 Å². The number of aliphatic hydroxyl groups excluding tert-OH is 4. The summed E-state index contributed by atoms with van der Waals surface area (Å²) in [7, 11) is -4.67. The quantitative estimate of drug-likeness (QED) is 0.213. The highest BCUT2D eigenvalue weighted by molar-refractivity contribution is 7.47. The molecule has 2 rings (SSSR count). The second kappa shape index (κ2) is 13.4. The molecule has 0 radical (unpaired) electrons. The Bertz CT molecular complexity index is 945. The summed E-state index contributed by atoms with van der Waals surface area (Å²) in [6, 6.07) is 0. The molecule has 0 aromatic heterocycles. The molecule has 1 heterocycles. The zero-order chi connectivity index (χ0) is 27.1. The van der Waals surface area contributed by atoms with E-state index in [1.54, 1.807) is 13.0 Å². The van der Waals surface area contributed by atoms with Crippen LogP contribution in [0.15, 0.2) is 58.7 Å². The van der Waals surface area contributed by atoms with Gasteiger partial charge in [-0.05, 0) is 51.0 Å². The Kier molecular flexibility index (Phi) is 11.5. The molecule has 10 heteroatoms. The number of hydrogen-bond donors (Lipinski definition) is 5. The van der Waals surface area contributed by atoms with Crippen LogP contribution < -0.4 is 0 Å². The number of aliphatic hydroxyl groups is 4. The summed E-state index contributed by atoms with van der Waals surface area (Å²) in [5, 5.41) is 38.6. The molecule has 204 valence electrons. The fourth-order valence-electron chi connectivity index (χ4n) is 4.28. The van der Waals surface area contributed by atoms with Gasteiger partial charge in [0.1, 0.15) is 24.4 Å². The largest absolute Gasteiger partial charge is 0.474 e. The van der Waals surface area contributed by atoms with Crippen molar-refractivity contribution in [1.29, 1.82) is 0 Å². The van der Waals surface area contributed by atoms with E-state index in [1.165, 1.54) is 24.0 Å². The van der Waals surface area contributed by atoms with Crippen LogP contribution in [0, 0.1) is 5.41 Å². The van der Waals surface area contributed by atoms with Crippen LogP contribution in [0.2, 0.25) is 0 Å². The van der Waals surface area contributed by atoms with Gasteiger partial charge in [0.2, 0.25) is 0 Å². The maximum Gasteiger partial charge on any atom is 0.474 e. The van der Waals surface area contributed by atoms with Crippen molar-refractivity contribution in [2.24, 2.45) is 5.41 Å². The maximum absolute atomic E-state index is 12.2. The zero-order valence-corrected chi connectivity index (χ0v) is 22.6. The molecular formula is C26H41O9P. The van der Waals surface area contributed by atoms with Gasteiger partial charge in [-0.3, -0.25) is 9.05 Å². The van der Waals surface area contributed by atoms with Gasteiger partial charge in [-0.25, -0.2) is 4.57 Å². The summed E-state index contributed by atoms with van der Waals surface area (Å²) in [5.41, 5.74) is 4.90. The third-order valence-corrected chi connectivity index (χ3v) is 7.45. The van der Waals surface area contributed by atoms with Crippen LogP contribution in [0.1, 0.15) is 53.9 Å². The maximum atomic E-state index is 12.2. The molecule has 1 aliphatic heterocycles. The van der Waals surface area contributed by atoms with Crippen LogP contribution >= 0.6 is 7.82 Å². The van der Waals surface area contributed by atoms with Crippen molar-refractivity contribution in [2.45, 2.75) is 84.6 Å². The fourth-order valence-corrected chi connectivity index (χ4v) is 5.04. The van der Waals surface area contributed by atoms with Gasteiger partial charge in [-0.2, -0.15) is 0 Å². The summed E-state index contributed by atoms with van der Waals surface area (Å²) in [4.78, 5) is 9.92. The van der Waals surface area contributed by atoms with Gasteiger partial charge in [-0.1, -0.05) is 67.0 Å². The van der Waals surface area contributed by atoms with Crippen molar-refractivity contribution >= 4 is 7.82 Å². The first-order valence-corrected chi connectivity index (χ1v) is 13.6. The number of ether oxygens (including phenoxy) is 1. The molecule has 9 nitrogen and oxygen atoms in total. The molecule has 0 bridgehead atoms. The lowest BCUT2D eigenvalue weighted by Crippen LogP contribution is -2.58. The molecule has 6 atom stereocenters. The van der Waals surface area contributed by atoms with E-state index in [4.69, 9.17) is 13.8 Å². The van der Waals surface area contributed by atoms with Crippen molar-refractivity contribution in [2.75, 3.05) is 13.2 Å². The third-order valence-electron chi connectivity index (χ3n) is 6.50. The molecule has 36 heavy (non-hydrogen) atoms. The smallest absolute Gasteiger partial charge is 0.394 e. The second-order valence-corrected chi connectivity index (χ2v) is 11.5. The van der Waals surface area contributed by atoms with E-state index in [-0.39, 0.29) is 12.0 Å². The van der Waals surface area contributed by atoms with Gasteiger partial charge in [0, 0.05) is 0 Å². The molecule has 0 saturated carbocycles. The predicted octanol–water partition coefficient (Wildman–Crippen LogP) is 3.45. The standard InChI is InChI=1S/C26H41O9P/c1-17(11-12-20-19(3)10-7-14-26(20,4)5)8-6-9-18(2)13-15-33-36(31,32)35-25-24(30)23(29)22(28)21(16-27)34-25/h6,8-9,11-13,21-25,27-30H,7,10,14-16H2,1-5H3,(H,31,32)/b9-6+,12-11+,17-8+,18-13+. The Morgan fingerprint density at radius 2 is 1.83 bits per heavy atom. The van der Waals surface area contributed by atoms with Gasteiger partial charge in [-0.15, -0.1) is 0 Å². The topological polar surface area (TPSA) is 146 Å². The summed E-state index contributed by atoms with van der Waals surface area (Å²) < 4.78 is 27.0. The van der Waals surface area contributed by atoms with Gasteiger partial charge < -0.3 is 30.1 Å². The molecule has 0 aromatic carbocycles. The summed E-state index contributed by atoms with van der Waals surface area (Å²) in [6.45, 7) is 9.65. The van der Waals surface area contributed by atoms with Crippen LogP contribution in [0.3, 0.4) is 0 Å². The minimum absolute atomic E-state index is 0.187. The number of rotatable bonds is 10. The molecule has 2 aliphatic rings. The van der Waals surface area contributed by atoms with Crippen molar-refractivity contribution in [3.63, 3.8) is 0 Å². The Hall–Kier alpha value is -1.39. The Balaban J connectivity index is 1.89. The molecule has 1 saturated heterocycles. The van der Waals surface area contributed by atoms with Gasteiger partial charge in [0.25, 0.3) is 0 Å². The normalized spacial score (nSPS) is 31.9. The van der Waals surface area contributed by atoms with Gasteiger partial charge in [0.05, 0.1) is 13.2 Å². The molecule has 1 fully saturated rings. The number of phosphoric ester groups is 1. The highest BCUT2D eigenvalue weighted by Gasteiger charge is 2.46. The SMILES string of the molecule is CC1=C(/C=C/C(C)=C/C=C/C(C)=C/COP(=O)(O)OC2OC(CO)C(O)C(O)C2O)C(C)(C)CCC1. The molecular weight excluding hydrogens is 487 g/mol. The first kappa shape index (κ1) is 30.8. The molecule has 1 aliphatic carbocycles.